The fraction of sp³-hybridized carbons (Fsp3) is 0.333. The number of halogens is 3. The summed E-state index contributed by atoms with van der Waals surface area (Å²) >= 11 is 0. The predicted octanol–water partition coefficient (Wildman–Crippen LogP) is 5.96. The third-order valence-electron chi connectivity index (χ3n) is 4.91. The molecular formula is C21H19F3N2O2. The summed E-state index contributed by atoms with van der Waals surface area (Å²) < 4.78 is 51.8. The normalized spacial score (nSPS) is 13.5. The van der Waals surface area contributed by atoms with E-state index in [1.165, 1.54) is 0 Å². The van der Waals surface area contributed by atoms with Crippen LogP contribution in [0.25, 0.3) is 28.8 Å². The fourth-order valence-corrected chi connectivity index (χ4v) is 3.66. The Bertz CT molecular complexity index is 1040. The minimum atomic E-state index is -4.59. The van der Waals surface area contributed by atoms with E-state index in [0.29, 0.717) is 24.1 Å². The van der Waals surface area contributed by atoms with E-state index < -0.39 is 11.7 Å². The number of nitrogens with zero attached hydrogens (tertiary/aromatic N) is 2. The highest BCUT2D eigenvalue weighted by atomic mass is 19.4. The molecule has 0 fully saturated rings. The maximum absolute atomic E-state index is 13.8. The molecule has 0 saturated carbocycles. The molecule has 1 aromatic carbocycles. The van der Waals surface area contributed by atoms with Gasteiger partial charge >= 0.3 is 6.18 Å². The van der Waals surface area contributed by atoms with E-state index in [1.807, 2.05) is 32.0 Å². The quantitative estimate of drug-likeness (QED) is 0.554. The number of alkyl halides is 3. The molecule has 0 atom stereocenters. The Morgan fingerprint density at radius 1 is 1.14 bits per heavy atom. The summed E-state index contributed by atoms with van der Waals surface area (Å²) in [6.07, 6.45) is -1.50. The predicted molar refractivity (Wildman–Crippen MR) is 98.5 cm³/mol. The van der Waals surface area contributed by atoms with E-state index >= 15 is 0 Å². The first kappa shape index (κ1) is 18.5. The van der Waals surface area contributed by atoms with Crippen LogP contribution in [-0.4, -0.2) is 10.3 Å². The third kappa shape index (κ3) is 3.04. The van der Waals surface area contributed by atoms with Gasteiger partial charge in [-0.2, -0.15) is 13.2 Å². The Hall–Kier alpha value is -2.83. The van der Waals surface area contributed by atoms with Crippen molar-refractivity contribution < 1.29 is 22.2 Å². The molecule has 1 aliphatic carbocycles. The van der Waals surface area contributed by atoms with Crippen molar-refractivity contribution >= 4 is 6.08 Å². The van der Waals surface area contributed by atoms with Crippen LogP contribution in [0.1, 0.15) is 41.9 Å². The van der Waals surface area contributed by atoms with Crippen LogP contribution in [0.3, 0.4) is 0 Å². The van der Waals surface area contributed by atoms with Crippen LogP contribution in [0.15, 0.2) is 33.8 Å². The lowest BCUT2D eigenvalue weighted by molar-refractivity contribution is -0.138. The lowest BCUT2D eigenvalue weighted by Gasteiger charge is -2.15. The Labute approximate surface area is 160 Å². The molecule has 0 N–H and O–H groups in total. The second-order valence-corrected chi connectivity index (χ2v) is 7.38. The van der Waals surface area contributed by atoms with Crippen molar-refractivity contribution in [1.29, 1.82) is 0 Å². The van der Waals surface area contributed by atoms with Crippen LogP contribution >= 0.6 is 0 Å². The van der Waals surface area contributed by atoms with Gasteiger partial charge in [-0.05, 0) is 29.9 Å². The average Bonchev–Trinajstić information content (AvgIpc) is 3.24. The summed E-state index contributed by atoms with van der Waals surface area (Å²) in [5.74, 6) is -0.134. The molecule has 0 amide bonds. The van der Waals surface area contributed by atoms with Gasteiger partial charge in [-0.25, -0.2) is 0 Å². The zero-order valence-electron chi connectivity index (χ0n) is 15.6. The average molecular weight is 388 g/mol. The molecule has 146 valence electrons. The van der Waals surface area contributed by atoms with Gasteiger partial charge in [-0.1, -0.05) is 55.0 Å². The lowest BCUT2D eigenvalue weighted by Crippen LogP contribution is -2.11. The van der Waals surface area contributed by atoms with Gasteiger partial charge in [0, 0.05) is 17.5 Å². The first-order valence-electron chi connectivity index (χ1n) is 9.10. The van der Waals surface area contributed by atoms with Crippen LogP contribution in [0.2, 0.25) is 0 Å². The number of benzene rings is 1. The third-order valence-corrected chi connectivity index (χ3v) is 4.91. The molecule has 0 unspecified atom stereocenters. The molecule has 0 spiro atoms. The standard InChI is InChI=1S/C21H19F3N2O2/c1-4-12-5-7-14-13(10-12)6-8-15-18(14)25-28-20(15)19-17(21(22,23)24)16(27-26-19)9-11(2)3/h4-5,7,10-11H,1,6,8-9H2,2-3H3. The van der Waals surface area contributed by atoms with Crippen LogP contribution in [0.4, 0.5) is 13.2 Å². The number of rotatable bonds is 4. The van der Waals surface area contributed by atoms with E-state index in [9.17, 15) is 13.2 Å². The van der Waals surface area contributed by atoms with Crippen molar-refractivity contribution in [3.05, 3.63) is 52.8 Å². The molecule has 0 radical (unpaired) electrons. The molecular weight excluding hydrogens is 369 g/mol. The summed E-state index contributed by atoms with van der Waals surface area (Å²) in [6.45, 7) is 7.42. The van der Waals surface area contributed by atoms with Gasteiger partial charge in [0.25, 0.3) is 0 Å². The number of hydrogen-bond donors (Lipinski definition) is 0. The second kappa shape index (κ2) is 6.65. The van der Waals surface area contributed by atoms with Gasteiger partial charge in [0.15, 0.2) is 11.5 Å². The van der Waals surface area contributed by atoms with E-state index in [2.05, 4.69) is 16.9 Å². The highest BCUT2D eigenvalue weighted by molar-refractivity contribution is 5.77. The van der Waals surface area contributed by atoms with E-state index in [0.717, 1.165) is 16.7 Å². The number of aryl methyl sites for hydroxylation is 1. The molecule has 28 heavy (non-hydrogen) atoms. The number of fused-ring (bicyclic) bond motifs is 3. The largest absolute Gasteiger partial charge is 0.422 e. The molecule has 4 nitrogen and oxygen atoms in total. The topological polar surface area (TPSA) is 52.1 Å². The Balaban J connectivity index is 1.84. The van der Waals surface area contributed by atoms with Gasteiger partial charge < -0.3 is 9.05 Å². The van der Waals surface area contributed by atoms with Gasteiger partial charge in [-0.15, -0.1) is 0 Å². The minimum Gasteiger partial charge on any atom is -0.360 e. The van der Waals surface area contributed by atoms with Crippen LogP contribution in [0, 0.1) is 5.92 Å². The SMILES string of the molecule is C=Cc1ccc2c(c1)CCc1c-2noc1-c1noc(CC(C)C)c1C(F)(F)F. The number of hydrogen-bond acceptors (Lipinski definition) is 4. The highest BCUT2D eigenvalue weighted by Crippen LogP contribution is 2.44. The van der Waals surface area contributed by atoms with Crippen LogP contribution in [0.5, 0.6) is 0 Å². The van der Waals surface area contributed by atoms with E-state index in [4.69, 9.17) is 9.05 Å². The van der Waals surface area contributed by atoms with Gasteiger partial charge in [0.1, 0.15) is 17.0 Å². The molecule has 0 saturated heterocycles. The molecule has 2 heterocycles. The smallest absolute Gasteiger partial charge is 0.360 e. The lowest BCUT2D eigenvalue weighted by atomic mass is 9.87. The molecule has 0 aliphatic heterocycles. The van der Waals surface area contributed by atoms with Crippen molar-refractivity contribution in [2.45, 2.75) is 39.3 Å². The van der Waals surface area contributed by atoms with Crippen molar-refractivity contribution in [2.24, 2.45) is 5.92 Å². The van der Waals surface area contributed by atoms with Crippen molar-refractivity contribution in [2.75, 3.05) is 0 Å². The van der Waals surface area contributed by atoms with Crippen molar-refractivity contribution in [3.8, 4) is 22.7 Å². The van der Waals surface area contributed by atoms with Crippen molar-refractivity contribution in [3.63, 3.8) is 0 Å². The summed E-state index contributed by atoms with van der Waals surface area (Å²) in [4.78, 5) is 0. The van der Waals surface area contributed by atoms with Gasteiger partial charge in [0.05, 0.1) is 0 Å². The maximum Gasteiger partial charge on any atom is 0.422 e. The summed E-state index contributed by atoms with van der Waals surface area (Å²) in [5.41, 5.74) is 2.93. The summed E-state index contributed by atoms with van der Waals surface area (Å²) in [5, 5.41) is 7.80. The zero-order chi connectivity index (χ0) is 20.1. The van der Waals surface area contributed by atoms with Crippen LogP contribution < -0.4 is 0 Å². The highest BCUT2D eigenvalue weighted by Gasteiger charge is 2.43. The molecule has 4 rings (SSSR count). The Kier molecular flexibility index (Phi) is 4.40. The zero-order valence-corrected chi connectivity index (χ0v) is 15.6. The van der Waals surface area contributed by atoms with E-state index in [-0.39, 0.29) is 29.6 Å². The monoisotopic (exact) mass is 388 g/mol. The number of aromatic nitrogens is 2. The van der Waals surface area contributed by atoms with Crippen LogP contribution in [-0.2, 0) is 25.4 Å². The fourth-order valence-electron chi connectivity index (χ4n) is 3.66. The second-order valence-electron chi connectivity index (χ2n) is 7.38. The molecule has 7 heteroatoms. The summed E-state index contributed by atoms with van der Waals surface area (Å²) in [6, 6.07) is 5.80. The molecule has 1 aliphatic rings. The first-order chi connectivity index (χ1) is 13.3. The van der Waals surface area contributed by atoms with Gasteiger partial charge in [0.2, 0.25) is 0 Å². The first-order valence-corrected chi connectivity index (χ1v) is 9.10. The van der Waals surface area contributed by atoms with E-state index in [1.54, 1.807) is 6.08 Å². The molecule has 0 bridgehead atoms. The molecule has 2 aromatic heterocycles. The Morgan fingerprint density at radius 3 is 2.57 bits per heavy atom. The maximum atomic E-state index is 13.8. The molecule has 3 aromatic rings. The Morgan fingerprint density at radius 2 is 1.89 bits per heavy atom. The summed E-state index contributed by atoms with van der Waals surface area (Å²) in [7, 11) is 0. The minimum absolute atomic E-state index is 0.00326. The van der Waals surface area contributed by atoms with Gasteiger partial charge in [-0.3, -0.25) is 0 Å². The van der Waals surface area contributed by atoms with Crippen molar-refractivity contribution in [1.82, 2.24) is 10.3 Å².